The van der Waals surface area contributed by atoms with Crippen LogP contribution in [0.15, 0.2) is 94.2 Å². The van der Waals surface area contributed by atoms with Crippen molar-refractivity contribution < 1.29 is 28.2 Å². The van der Waals surface area contributed by atoms with Crippen molar-refractivity contribution in [3.05, 3.63) is 127 Å². The van der Waals surface area contributed by atoms with Crippen LogP contribution in [0.25, 0.3) is 11.8 Å². The number of hydrogen-bond donors (Lipinski definition) is 0. The molecular formula is C32H27FN2O6S. The largest absolute Gasteiger partial charge is 0.482 e. The molecule has 0 bridgehead atoms. The number of halogens is 1. The summed E-state index contributed by atoms with van der Waals surface area (Å²) in [5, 5.41) is 0. The van der Waals surface area contributed by atoms with Crippen LogP contribution in [-0.2, 0) is 19.1 Å². The number of carbonyl (C=O) groups is 2. The number of thiazole rings is 1. The number of rotatable bonds is 9. The zero-order chi connectivity index (χ0) is 29.6. The lowest BCUT2D eigenvalue weighted by molar-refractivity contribution is -0.145. The molecule has 5 rings (SSSR count). The smallest absolute Gasteiger partial charge is 0.344 e. The molecule has 1 aromatic heterocycles. The monoisotopic (exact) mass is 586 g/mol. The van der Waals surface area contributed by atoms with E-state index in [1.165, 1.54) is 28.0 Å². The molecule has 0 saturated carbocycles. The van der Waals surface area contributed by atoms with Crippen LogP contribution in [-0.4, -0.2) is 36.3 Å². The highest BCUT2D eigenvalue weighted by Crippen LogP contribution is 2.35. The first kappa shape index (κ1) is 28.7. The van der Waals surface area contributed by atoms with E-state index >= 15 is 0 Å². The molecule has 4 aromatic rings. The lowest BCUT2D eigenvalue weighted by Gasteiger charge is -2.25. The van der Waals surface area contributed by atoms with Gasteiger partial charge >= 0.3 is 11.9 Å². The van der Waals surface area contributed by atoms with E-state index < -0.39 is 23.8 Å². The van der Waals surface area contributed by atoms with Crippen LogP contribution in [0.3, 0.4) is 0 Å². The summed E-state index contributed by atoms with van der Waals surface area (Å²) in [7, 11) is 0. The Morgan fingerprint density at radius 2 is 1.64 bits per heavy atom. The molecule has 0 aliphatic carbocycles. The van der Waals surface area contributed by atoms with Gasteiger partial charge in [-0.15, -0.1) is 0 Å². The van der Waals surface area contributed by atoms with E-state index in [0.717, 1.165) is 5.56 Å². The molecule has 0 amide bonds. The Morgan fingerprint density at radius 1 is 0.952 bits per heavy atom. The molecule has 8 nitrogen and oxygen atoms in total. The van der Waals surface area contributed by atoms with E-state index in [1.54, 1.807) is 56.3 Å². The minimum absolute atomic E-state index is 0.129. The van der Waals surface area contributed by atoms with Crippen LogP contribution in [0.5, 0.6) is 5.75 Å². The van der Waals surface area contributed by atoms with Gasteiger partial charge in [0.1, 0.15) is 11.6 Å². The van der Waals surface area contributed by atoms with Crippen LogP contribution in [0, 0.1) is 5.82 Å². The maximum Gasteiger partial charge on any atom is 0.344 e. The average molecular weight is 587 g/mol. The van der Waals surface area contributed by atoms with Gasteiger partial charge < -0.3 is 14.2 Å². The van der Waals surface area contributed by atoms with Crippen molar-refractivity contribution in [3.63, 3.8) is 0 Å². The third-order valence-electron chi connectivity index (χ3n) is 6.40. The van der Waals surface area contributed by atoms with Crippen molar-refractivity contribution in [2.45, 2.75) is 19.9 Å². The Hall–Kier alpha value is -4.83. The molecule has 1 aliphatic heterocycles. The van der Waals surface area contributed by atoms with Gasteiger partial charge in [-0.05, 0) is 55.3 Å². The molecule has 0 fully saturated rings. The lowest BCUT2D eigenvalue weighted by atomic mass is 9.93. The Labute approximate surface area is 244 Å². The van der Waals surface area contributed by atoms with E-state index in [2.05, 4.69) is 0 Å². The van der Waals surface area contributed by atoms with Crippen LogP contribution in [0.1, 0.15) is 36.6 Å². The summed E-state index contributed by atoms with van der Waals surface area (Å²) in [6.45, 7) is 3.62. The van der Waals surface area contributed by atoms with E-state index in [-0.39, 0.29) is 31.0 Å². The van der Waals surface area contributed by atoms with Crippen LogP contribution in [0.2, 0.25) is 0 Å². The van der Waals surface area contributed by atoms with Gasteiger partial charge in [0.15, 0.2) is 11.4 Å². The number of carbonyl (C=O) groups excluding carboxylic acids is 2. The van der Waals surface area contributed by atoms with Crippen LogP contribution < -0.4 is 19.6 Å². The minimum Gasteiger partial charge on any atom is -0.482 e. The molecule has 2 heterocycles. The second-order valence-electron chi connectivity index (χ2n) is 9.15. The van der Waals surface area contributed by atoms with Gasteiger partial charge in [0.25, 0.3) is 5.56 Å². The van der Waals surface area contributed by atoms with Gasteiger partial charge in [-0.25, -0.2) is 19.0 Å². The minimum atomic E-state index is -0.892. The third-order valence-corrected chi connectivity index (χ3v) is 7.38. The van der Waals surface area contributed by atoms with Crippen molar-refractivity contribution in [2.75, 3.05) is 19.8 Å². The summed E-state index contributed by atoms with van der Waals surface area (Å²) in [5.74, 6) is -1.03. The quantitative estimate of drug-likeness (QED) is 0.275. The Balaban J connectivity index is 1.63. The topological polar surface area (TPSA) is 96.2 Å². The molecule has 0 saturated heterocycles. The number of hydrogen-bond acceptors (Lipinski definition) is 8. The lowest BCUT2D eigenvalue weighted by Crippen LogP contribution is -2.40. The van der Waals surface area contributed by atoms with Gasteiger partial charge in [0.2, 0.25) is 0 Å². The van der Waals surface area contributed by atoms with E-state index in [1.807, 2.05) is 30.3 Å². The standard InChI is InChI=1S/C32H27FN2O6S/c1-3-39-26(36)19-41-24-16-10-20(11-17-24)18-25-30(37)35-29(22-12-14-23(33)15-13-22)27(31(38)40-4-2)28(34-32(35)42-25)21-8-6-5-7-9-21/h5-18,29H,3-4,19H2,1-2H3/b25-18-. The van der Waals surface area contributed by atoms with E-state index in [4.69, 9.17) is 19.2 Å². The number of esters is 2. The predicted molar refractivity (Wildman–Crippen MR) is 156 cm³/mol. The summed E-state index contributed by atoms with van der Waals surface area (Å²) in [6.07, 6.45) is 1.72. The second kappa shape index (κ2) is 12.8. The van der Waals surface area contributed by atoms with Gasteiger partial charge in [0, 0.05) is 5.56 Å². The van der Waals surface area contributed by atoms with E-state index in [0.29, 0.717) is 31.9 Å². The molecule has 1 atom stereocenters. The fourth-order valence-electron chi connectivity index (χ4n) is 4.56. The summed E-state index contributed by atoms with van der Waals surface area (Å²) in [5.41, 5.74) is 2.16. The first-order chi connectivity index (χ1) is 20.4. The average Bonchev–Trinajstić information content (AvgIpc) is 3.31. The van der Waals surface area contributed by atoms with Crippen LogP contribution >= 0.6 is 11.3 Å². The maximum absolute atomic E-state index is 13.9. The number of aromatic nitrogens is 1. The molecule has 214 valence electrons. The highest BCUT2D eigenvalue weighted by Gasteiger charge is 2.35. The molecule has 1 unspecified atom stereocenters. The molecule has 0 N–H and O–H groups in total. The Bertz CT molecular complexity index is 1810. The zero-order valence-corrected chi connectivity index (χ0v) is 23.7. The first-order valence-electron chi connectivity index (χ1n) is 13.3. The fourth-order valence-corrected chi connectivity index (χ4v) is 5.56. The maximum atomic E-state index is 13.9. The Morgan fingerprint density at radius 3 is 2.31 bits per heavy atom. The molecule has 0 spiro atoms. The molecule has 3 aromatic carbocycles. The molecular weight excluding hydrogens is 559 g/mol. The van der Waals surface area contributed by atoms with Crippen molar-refractivity contribution in [1.82, 2.24) is 4.57 Å². The van der Waals surface area contributed by atoms with Gasteiger partial charge in [-0.1, -0.05) is 65.9 Å². The molecule has 10 heteroatoms. The first-order valence-corrected chi connectivity index (χ1v) is 14.1. The molecule has 1 aliphatic rings. The predicted octanol–water partition coefficient (Wildman–Crippen LogP) is 4.02. The number of ether oxygens (including phenoxy) is 3. The second-order valence-corrected chi connectivity index (χ2v) is 10.2. The number of fused-ring (bicyclic) bond motifs is 1. The van der Waals surface area contributed by atoms with Crippen molar-refractivity contribution in [1.29, 1.82) is 0 Å². The normalized spacial score (nSPS) is 14.6. The van der Waals surface area contributed by atoms with Gasteiger partial charge in [-0.3, -0.25) is 9.36 Å². The van der Waals surface area contributed by atoms with Crippen LogP contribution in [0.4, 0.5) is 4.39 Å². The molecule has 0 radical (unpaired) electrons. The summed E-state index contributed by atoms with van der Waals surface area (Å²) in [4.78, 5) is 44.1. The van der Waals surface area contributed by atoms with Crippen molar-refractivity contribution >= 4 is 35.0 Å². The summed E-state index contributed by atoms with van der Waals surface area (Å²) in [6, 6.07) is 20.9. The zero-order valence-electron chi connectivity index (χ0n) is 22.9. The highest BCUT2D eigenvalue weighted by molar-refractivity contribution is 7.07. The SMILES string of the molecule is CCOC(=O)COc1ccc(/C=c2\sc3n(c2=O)C(c2ccc(F)cc2)C(C(=O)OCC)=C(c2ccccc2)N=3)cc1. The van der Waals surface area contributed by atoms with Crippen molar-refractivity contribution in [2.24, 2.45) is 4.99 Å². The Kier molecular flexibility index (Phi) is 8.73. The van der Waals surface area contributed by atoms with Gasteiger partial charge in [0.05, 0.1) is 35.1 Å². The fraction of sp³-hybridized carbons (Fsp3) is 0.188. The summed E-state index contributed by atoms with van der Waals surface area (Å²) >= 11 is 1.18. The summed E-state index contributed by atoms with van der Waals surface area (Å²) < 4.78 is 31.5. The van der Waals surface area contributed by atoms with E-state index in [9.17, 15) is 18.8 Å². The molecule has 42 heavy (non-hydrogen) atoms. The number of benzene rings is 3. The van der Waals surface area contributed by atoms with Gasteiger partial charge in [-0.2, -0.15) is 0 Å². The number of nitrogens with zero attached hydrogens (tertiary/aromatic N) is 2. The highest BCUT2D eigenvalue weighted by atomic mass is 32.1. The van der Waals surface area contributed by atoms with Crippen molar-refractivity contribution in [3.8, 4) is 5.75 Å². The third kappa shape index (κ3) is 6.08.